The van der Waals surface area contributed by atoms with Gasteiger partial charge in [-0.05, 0) is 18.6 Å². The van der Waals surface area contributed by atoms with Crippen molar-refractivity contribution in [3.8, 4) is 0 Å². The molecule has 0 bridgehead atoms. The summed E-state index contributed by atoms with van der Waals surface area (Å²) >= 11 is 1.42. The number of thiophene rings is 1. The number of allylic oxidation sites excluding steroid dienone is 1. The zero-order valence-corrected chi connectivity index (χ0v) is 12.5. The van der Waals surface area contributed by atoms with E-state index in [1.54, 1.807) is 18.2 Å². The molecule has 2 rings (SSSR count). The van der Waals surface area contributed by atoms with Gasteiger partial charge in [0.1, 0.15) is 0 Å². The summed E-state index contributed by atoms with van der Waals surface area (Å²) in [7, 11) is 0. The highest BCUT2D eigenvalue weighted by Gasteiger charge is 2.11. The minimum atomic E-state index is -0.000707. The Labute approximate surface area is 128 Å². The molecule has 0 fully saturated rings. The largest absolute Gasteiger partial charge is 0.351 e. The molecule has 0 atom stereocenters. The van der Waals surface area contributed by atoms with Crippen LogP contribution in [0.3, 0.4) is 0 Å². The van der Waals surface area contributed by atoms with Gasteiger partial charge in [-0.2, -0.15) is 0 Å². The van der Waals surface area contributed by atoms with Crippen molar-refractivity contribution in [3.05, 3.63) is 70.4 Å². The topological polar surface area (TPSA) is 46.2 Å². The molecule has 4 heteroatoms. The van der Waals surface area contributed by atoms with Gasteiger partial charge >= 0.3 is 0 Å². The maximum absolute atomic E-state index is 12.3. The molecule has 0 aliphatic rings. The quantitative estimate of drug-likeness (QED) is 0.627. The summed E-state index contributed by atoms with van der Waals surface area (Å²) in [6, 6.07) is 12.9. The van der Waals surface area contributed by atoms with Gasteiger partial charge in [0.25, 0.3) is 0 Å². The van der Waals surface area contributed by atoms with Gasteiger partial charge in [-0.3, -0.25) is 9.59 Å². The Morgan fingerprint density at radius 3 is 2.62 bits per heavy atom. The Hall–Kier alpha value is -2.20. The summed E-state index contributed by atoms with van der Waals surface area (Å²) in [5, 5.41) is 2.84. The average Bonchev–Trinajstić information content (AvgIpc) is 3.00. The SMILES string of the molecule is C=CCCC(=O)NCc1ccc(C(=O)c2ccccc2)s1. The van der Waals surface area contributed by atoms with Crippen molar-refractivity contribution >= 4 is 23.0 Å². The van der Waals surface area contributed by atoms with Crippen molar-refractivity contribution in [2.24, 2.45) is 0 Å². The number of amides is 1. The van der Waals surface area contributed by atoms with E-state index in [0.29, 0.717) is 29.8 Å². The number of hydrogen-bond donors (Lipinski definition) is 1. The van der Waals surface area contributed by atoms with E-state index in [1.807, 2.05) is 30.3 Å². The van der Waals surface area contributed by atoms with Gasteiger partial charge in [-0.15, -0.1) is 17.9 Å². The third-order valence-electron chi connectivity index (χ3n) is 2.96. The molecule has 3 nitrogen and oxygen atoms in total. The maximum Gasteiger partial charge on any atom is 0.220 e. The fourth-order valence-electron chi connectivity index (χ4n) is 1.83. The fourth-order valence-corrected chi connectivity index (χ4v) is 2.74. The number of hydrogen-bond acceptors (Lipinski definition) is 3. The molecule has 0 unspecified atom stereocenters. The Balaban J connectivity index is 1.94. The van der Waals surface area contributed by atoms with Crippen LogP contribution in [0.25, 0.3) is 0 Å². The predicted octanol–water partition coefficient (Wildman–Crippen LogP) is 3.56. The number of benzene rings is 1. The van der Waals surface area contributed by atoms with Crippen LogP contribution in [-0.2, 0) is 11.3 Å². The zero-order chi connectivity index (χ0) is 15.1. The van der Waals surface area contributed by atoms with Gasteiger partial charge in [-0.1, -0.05) is 36.4 Å². The fraction of sp³-hybridized carbons (Fsp3) is 0.176. The van der Waals surface area contributed by atoms with Gasteiger partial charge in [0.05, 0.1) is 11.4 Å². The minimum absolute atomic E-state index is 0.000707. The van der Waals surface area contributed by atoms with Crippen LogP contribution >= 0.6 is 11.3 Å². The Morgan fingerprint density at radius 2 is 1.90 bits per heavy atom. The van der Waals surface area contributed by atoms with Gasteiger partial charge in [0, 0.05) is 16.9 Å². The van der Waals surface area contributed by atoms with Crippen LogP contribution < -0.4 is 5.32 Å². The van der Waals surface area contributed by atoms with Crippen molar-refractivity contribution in [3.63, 3.8) is 0 Å². The maximum atomic E-state index is 12.3. The Morgan fingerprint density at radius 1 is 1.14 bits per heavy atom. The van der Waals surface area contributed by atoms with Crippen molar-refractivity contribution in [1.29, 1.82) is 0 Å². The van der Waals surface area contributed by atoms with Crippen molar-refractivity contribution in [2.75, 3.05) is 0 Å². The molecule has 1 heterocycles. The standard InChI is InChI=1S/C17H17NO2S/c1-2-3-9-16(19)18-12-14-10-11-15(21-14)17(20)13-7-5-4-6-8-13/h2,4-8,10-11H,1,3,9,12H2,(H,18,19). The monoisotopic (exact) mass is 299 g/mol. The summed E-state index contributed by atoms with van der Waals surface area (Å²) in [6.07, 6.45) is 2.85. The van der Waals surface area contributed by atoms with E-state index >= 15 is 0 Å². The second-order valence-electron chi connectivity index (χ2n) is 4.57. The molecule has 2 aromatic rings. The molecule has 108 valence electrons. The first kappa shape index (κ1) is 15.2. The molecule has 0 spiro atoms. The van der Waals surface area contributed by atoms with Crippen LogP contribution in [0.4, 0.5) is 0 Å². The van der Waals surface area contributed by atoms with Crippen molar-refractivity contribution in [1.82, 2.24) is 5.32 Å². The molecule has 21 heavy (non-hydrogen) atoms. The van der Waals surface area contributed by atoms with Crippen LogP contribution in [0.1, 0.15) is 33.0 Å². The highest BCUT2D eigenvalue weighted by molar-refractivity contribution is 7.14. The van der Waals surface area contributed by atoms with E-state index in [-0.39, 0.29) is 11.7 Å². The smallest absolute Gasteiger partial charge is 0.220 e. The number of rotatable bonds is 7. The average molecular weight is 299 g/mol. The molecule has 0 saturated carbocycles. The van der Waals surface area contributed by atoms with Crippen LogP contribution in [0.5, 0.6) is 0 Å². The minimum Gasteiger partial charge on any atom is -0.351 e. The summed E-state index contributed by atoms with van der Waals surface area (Å²) in [4.78, 5) is 25.4. The van der Waals surface area contributed by atoms with E-state index in [0.717, 1.165) is 4.88 Å². The lowest BCUT2D eigenvalue weighted by Gasteiger charge is -2.01. The first-order chi connectivity index (χ1) is 10.2. The van der Waals surface area contributed by atoms with E-state index < -0.39 is 0 Å². The van der Waals surface area contributed by atoms with Crippen molar-refractivity contribution < 1.29 is 9.59 Å². The number of carbonyl (C=O) groups excluding carboxylic acids is 2. The van der Waals surface area contributed by atoms with Crippen LogP contribution in [0.2, 0.25) is 0 Å². The molecule has 0 radical (unpaired) electrons. The predicted molar refractivity (Wildman–Crippen MR) is 85.5 cm³/mol. The van der Waals surface area contributed by atoms with Crippen LogP contribution in [-0.4, -0.2) is 11.7 Å². The van der Waals surface area contributed by atoms with Crippen LogP contribution in [0.15, 0.2) is 55.1 Å². The summed E-state index contributed by atoms with van der Waals surface area (Å²) in [5.41, 5.74) is 0.681. The molecular weight excluding hydrogens is 282 g/mol. The second-order valence-corrected chi connectivity index (χ2v) is 5.73. The molecule has 1 N–H and O–H groups in total. The number of carbonyl (C=O) groups is 2. The molecule has 0 aliphatic carbocycles. The van der Waals surface area contributed by atoms with Gasteiger partial charge in [-0.25, -0.2) is 0 Å². The van der Waals surface area contributed by atoms with Gasteiger partial charge in [0.2, 0.25) is 11.7 Å². The molecular formula is C17H17NO2S. The summed E-state index contributed by atoms with van der Waals surface area (Å²) in [5.74, 6) is 0.0177. The molecule has 1 amide bonds. The lowest BCUT2D eigenvalue weighted by molar-refractivity contribution is -0.121. The van der Waals surface area contributed by atoms with Crippen LogP contribution in [0, 0.1) is 0 Å². The van der Waals surface area contributed by atoms with E-state index in [4.69, 9.17) is 0 Å². The third-order valence-corrected chi connectivity index (χ3v) is 4.04. The number of ketones is 1. The van der Waals surface area contributed by atoms with E-state index in [9.17, 15) is 9.59 Å². The molecule has 1 aromatic carbocycles. The summed E-state index contributed by atoms with van der Waals surface area (Å²) < 4.78 is 0. The van der Waals surface area contributed by atoms with Gasteiger partial charge < -0.3 is 5.32 Å². The normalized spacial score (nSPS) is 10.1. The lowest BCUT2D eigenvalue weighted by atomic mass is 10.1. The summed E-state index contributed by atoms with van der Waals surface area (Å²) in [6.45, 7) is 4.05. The third kappa shape index (κ3) is 4.39. The van der Waals surface area contributed by atoms with E-state index in [2.05, 4.69) is 11.9 Å². The number of nitrogens with one attached hydrogen (secondary N) is 1. The van der Waals surface area contributed by atoms with Crippen molar-refractivity contribution in [2.45, 2.75) is 19.4 Å². The molecule has 1 aromatic heterocycles. The van der Waals surface area contributed by atoms with E-state index in [1.165, 1.54) is 11.3 Å². The first-order valence-electron chi connectivity index (χ1n) is 6.77. The Kier molecular flexibility index (Phi) is 5.46. The lowest BCUT2D eigenvalue weighted by Crippen LogP contribution is -2.21. The Bertz CT molecular complexity index is 631. The first-order valence-corrected chi connectivity index (χ1v) is 7.58. The molecule has 0 saturated heterocycles. The molecule has 0 aliphatic heterocycles. The second kappa shape index (κ2) is 7.55. The highest BCUT2D eigenvalue weighted by Crippen LogP contribution is 2.20. The van der Waals surface area contributed by atoms with Gasteiger partial charge in [0.15, 0.2) is 0 Å². The highest BCUT2D eigenvalue weighted by atomic mass is 32.1. The zero-order valence-electron chi connectivity index (χ0n) is 11.7.